The minimum Gasteiger partial charge on any atom is -0.338 e. The maximum absolute atomic E-state index is 13.9. The van der Waals surface area contributed by atoms with E-state index in [9.17, 15) is 17.8 Å². The number of carbonyl (C=O) groups is 1. The van der Waals surface area contributed by atoms with Crippen LogP contribution in [0.15, 0.2) is 42.5 Å². The second-order valence-electron chi connectivity index (χ2n) is 12.1. The van der Waals surface area contributed by atoms with Gasteiger partial charge in [0.15, 0.2) is 5.82 Å². The molecule has 4 aromatic rings. The van der Waals surface area contributed by atoms with Crippen LogP contribution in [0.5, 0.6) is 0 Å². The van der Waals surface area contributed by atoms with E-state index >= 15 is 0 Å². The van der Waals surface area contributed by atoms with Crippen molar-refractivity contribution in [3.8, 4) is 11.5 Å². The standard InChI is InChI=1S/C30H35F2N5O2S/c1-30(2,3)40(39)34-23(27(31)32)17-36-12-11-19-13-25-22(15-21(19)29(36)38)33-28(35(25)4)26-14-20-7-5-6-8-24(20)37(26)16-18-9-10-18/h5-8,13-15,18,23,27,34H,9-12,16-17H2,1-4H3/t23-,40?/m0/s1. The lowest BCUT2D eigenvalue weighted by Gasteiger charge is -2.32. The number of amides is 1. The molecule has 0 bridgehead atoms. The summed E-state index contributed by atoms with van der Waals surface area (Å²) in [5.74, 6) is 1.23. The molecule has 1 amide bonds. The predicted octanol–water partition coefficient (Wildman–Crippen LogP) is 5.29. The number of fused-ring (bicyclic) bond motifs is 3. The van der Waals surface area contributed by atoms with Crippen LogP contribution < -0.4 is 4.72 Å². The van der Waals surface area contributed by atoms with Crippen molar-refractivity contribution >= 4 is 38.8 Å². The number of nitrogens with zero attached hydrogens (tertiary/aromatic N) is 4. The highest BCUT2D eigenvalue weighted by Crippen LogP contribution is 2.37. The third-order valence-electron chi connectivity index (χ3n) is 7.99. The number of hydrogen-bond donors (Lipinski definition) is 1. The molecule has 7 nitrogen and oxygen atoms in total. The van der Waals surface area contributed by atoms with Crippen molar-refractivity contribution < 1.29 is 17.8 Å². The summed E-state index contributed by atoms with van der Waals surface area (Å²) in [5.41, 5.74) is 5.26. The van der Waals surface area contributed by atoms with Gasteiger partial charge < -0.3 is 14.0 Å². The monoisotopic (exact) mass is 567 g/mol. The Bertz CT molecular complexity index is 1630. The van der Waals surface area contributed by atoms with Crippen LogP contribution in [0.4, 0.5) is 8.78 Å². The van der Waals surface area contributed by atoms with Gasteiger partial charge in [0.2, 0.25) is 0 Å². The summed E-state index contributed by atoms with van der Waals surface area (Å²) in [6, 6.07) is 13.0. The van der Waals surface area contributed by atoms with Crippen molar-refractivity contribution in [2.24, 2.45) is 13.0 Å². The lowest BCUT2D eigenvalue weighted by atomic mass is 9.97. The molecule has 0 spiro atoms. The summed E-state index contributed by atoms with van der Waals surface area (Å²) in [4.78, 5) is 19.9. The number of nitrogens with one attached hydrogen (secondary N) is 1. The molecule has 0 saturated heterocycles. The number of imidazole rings is 1. The molecular weight excluding hydrogens is 532 g/mol. The molecule has 0 radical (unpaired) electrons. The van der Waals surface area contributed by atoms with E-state index < -0.39 is 28.2 Å². The van der Waals surface area contributed by atoms with Gasteiger partial charge in [-0.1, -0.05) is 18.2 Å². The number of alkyl halides is 2. The smallest absolute Gasteiger partial charge is 0.256 e. The number of halogens is 2. The molecule has 1 unspecified atom stereocenters. The van der Waals surface area contributed by atoms with Gasteiger partial charge in [0.05, 0.1) is 38.5 Å². The second-order valence-corrected chi connectivity index (χ2v) is 14.1. The average molecular weight is 568 g/mol. The van der Waals surface area contributed by atoms with Crippen LogP contribution >= 0.6 is 0 Å². The zero-order chi connectivity index (χ0) is 28.3. The van der Waals surface area contributed by atoms with Crippen molar-refractivity contribution in [1.82, 2.24) is 23.7 Å². The first-order valence-electron chi connectivity index (χ1n) is 13.8. The molecule has 6 rings (SSSR count). The highest BCUT2D eigenvalue weighted by Gasteiger charge is 2.34. The summed E-state index contributed by atoms with van der Waals surface area (Å²) in [6.07, 6.45) is 0.281. The maximum atomic E-state index is 13.9. The largest absolute Gasteiger partial charge is 0.338 e. The minimum absolute atomic E-state index is 0.218. The van der Waals surface area contributed by atoms with Gasteiger partial charge in [0.25, 0.3) is 12.3 Å². The highest BCUT2D eigenvalue weighted by molar-refractivity contribution is 7.84. The van der Waals surface area contributed by atoms with E-state index in [1.807, 2.05) is 19.2 Å². The van der Waals surface area contributed by atoms with Crippen LogP contribution in [0.2, 0.25) is 0 Å². The van der Waals surface area contributed by atoms with E-state index in [0.29, 0.717) is 30.0 Å². The van der Waals surface area contributed by atoms with E-state index in [1.165, 1.54) is 28.6 Å². The molecule has 40 heavy (non-hydrogen) atoms. The van der Waals surface area contributed by atoms with Crippen LogP contribution in [0.3, 0.4) is 0 Å². The fraction of sp³-hybridized carbons (Fsp3) is 0.467. The summed E-state index contributed by atoms with van der Waals surface area (Å²) in [7, 11) is 0.325. The number of hydrogen-bond acceptors (Lipinski definition) is 3. The third-order valence-corrected chi connectivity index (χ3v) is 9.62. The maximum Gasteiger partial charge on any atom is 0.256 e. The summed E-state index contributed by atoms with van der Waals surface area (Å²) < 4.78 is 46.6. The van der Waals surface area contributed by atoms with E-state index in [-0.39, 0.29) is 12.5 Å². The molecule has 1 N–H and O–H groups in total. The second kappa shape index (κ2) is 10.1. The van der Waals surface area contributed by atoms with Gasteiger partial charge in [-0.3, -0.25) is 4.79 Å². The topological polar surface area (TPSA) is 72.2 Å². The molecule has 2 atom stereocenters. The van der Waals surface area contributed by atoms with E-state index in [0.717, 1.165) is 29.1 Å². The molecule has 2 aliphatic rings. The Balaban J connectivity index is 1.33. The zero-order valence-electron chi connectivity index (χ0n) is 23.3. The normalized spacial score (nSPS) is 17.7. The first-order chi connectivity index (χ1) is 19.0. The number of aromatic nitrogens is 3. The van der Waals surface area contributed by atoms with Crippen LogP contribution in [0.25, 0.3) is 33.5 Å². The molecule has 2 aromatic carbocycles. The molecule has 3 heterocycles. The van der Waals surface area contributed by atoms with Gasteiger partial charge in [-0.05, 0) is 75.8 Å². The fourth-order valence-electron chi connectivity index (χ4n) is 5.49. The van der Waals surface area contributed by atoms with Gasteiger partial charge >= 0.3 is 0 Å². The summed E-state index contributed by atoms with van der Waals surface area (Å²) >= 11 is 0. The molecule has 10 heteroatoms. The molecule has 1 aliphatic heterocycles. The Hall–Kier alpha value is -3.11. The number of carbonyl (C=O) groups excluding carboxylic acids is 1. The van der Waals surface area contributed by atoms with E-state index in [2.05, 4.69) is 38.1 Å². The Morgan fingerprint density at radius 2 is 1.88 bits per heavy atom. The number of benzene rings is 2. The quantitative estimate of drug-likeness (QED) is 0.315. The van der Waals surface area contributed by atoms with Gasteiger partial charge in [0.1, 0.15) is 0 Å². The minimum atomic E-state index is -2.76. The van der Waals surface area contributed by atoms with Crippen molar-refractivity contribution in [3.63, 3.8) is 0 Å². The first-order valence-corrected chi connectivity index (χ1v) is 15.0. The fourth-order valence-corrected chi connectivity index (χ4v) is 6.29. The van der Waals surface area contributed by atoms with Crippen LogP contribution in [-0.2, 0) is 31.0 Å². The Kier molecular flexibility index (Phi) is 6.81. The van der Waals surface area contributed by atoms with Gasteiger partial charge in [0, 0.05) is 43.1 Å². The Morgan fingerprint density at radius 1 is 1.12 bits per heavy atom. The third kappa shape index (κ3) is 4.96. The van der Waals surface area contributed by atoms with E-state index in [4.69, 9.17) is 4.98 Å². The lowest BCUT2D eigenvalue weighted by molar-refractivity contribution is 0.0598. The van der Waals surface area contributed by atoms with Crippen molar-refractivity contribution in [3.05, 3.63) is 53.6 Å². The van der Waals surface area contributed by atoms with Crippen LogP contribution in [0, 0.1) is 5.92 Å². The van der Waals surface area contributed by atoms with Gasteiger partial charge in [-0.25, -0.2) is 22.7 Å². The van der Waals surface area contributed by atoms with Gasteiger partial charge in [-0.2, -0.15) is 0 Å². The number of aryl methyl sites for hydroxylation is 1. The Labute approximate surface area is 235 Å². The van der Waals surface area contributed by atoms with Crippen LogP contribution in [-0.4, -0.2) is 59.4 Å². The summed E-state index contributed by atoms with van der Waals surface area (Å²) in [5, 5.41) is 1.17. The lowest BCUT2D eigenvalue weighted by Crippen LogP contribution is -2.52. The average Bonchev–Trinajstić information content (AvgIpc) is 3.58. The first kappa shape index (κ1) is 27.1. The SMILES string of the molecule is Cn1c(-c2cc3ccccc3n2CC2CC2)nc2cc3c(cc21)CCN(C[C@H](NS(=O)C(C)(C)C)C(F)F)C3=O. The van der Waals surface area contributed by atoms with Crippen molar-refractivity contribution in [2.45, 2.75) is 63.8 Å². The van der Waals surface area contributed by atoms with Crippen molar-refractivity contribution in [1.29, 1.82) is 0 Å². The van der Waals surface area contributed by atoms with Crippen molar-refractivity contribution in [2.75, 3.05) is 13.1 Å². The number of para-hydroxylation sites is 1. The van der Waals surface area contributed by atoms with Crippen LogP contribution in [0.1, 0.15) is 49.5 Å². The molecule has 2 aromatic heterocycles. The zero-order valence-corrected chi connectivity index (χ0v) is 24.1. The summed E-state index contributed by atoms with van der Waals surface area (Å²) in [6.45, 7) is 6.22. The molecule has 1 aliphatic carbocycles. The van der Waals surface area contributed by atoms with E-state index in [1.54, 1.807) is 26.8 Å². The molecular formula is C30H35F2N5O2S. The number of rotatable bonds is 8. The predicted molar refractivity (Wildman–Crippen MR) is 155 cm³/mol. The Morgan fingerprint density at radius 3 is 2.58 bits per heavy atom. The molecule has 1 fully saturated rings. The molecule has 1 saturated carbocycles. The highest BCUT2D eigenvalue weighted by atomic mass is 32.2. The molecule has 212 valence electrons. The van der Waals surface area contributed by atoms with Gasteiger partial charge in [-0.15, -0.1) is 0 Å².